The van der Waals surface area contributed by atoms with Gasteiger partial charge in [-0.25, -0.2) is 0 Å². The number of nitrogens with one attached hydrogen (secondary N) is 4. The molecule has 9 heteroatoms. The SMILES string of the molecule is O=C(NC(CO)c1cccc(Cl)c1)C1Nc2cc3[nH]nc(-c4ccncc4)c3cc2N1. The average molecular weight is 435 g/mol. The number of H-pyrrole nitrogens is 1. The molecule has 2 atom stereocenters. The van der Waals surface area contributed by atoms with Crippen LogP contribution >= 0.6 is 11.6 Å². The first kappa shape index (κ1) is 19.3. The van der Waals surface area contributed by atoms with Gasteiger partial charge in [-0.1, -0.05) is 23.7 Å². The van der Waals surface area contributed by atoms with Gasteiger partial charge in [0.1, 0.15) is 5.69 Å². The van der Waals surface area contributed by atoms with Gasteiger partial charge in [-0.2, -0.15) is 5.10 Å². The Morgan fingerprint density at radius 1 is 1.13 bits per heavy atom. The maximum Gasteiger partial charge on any atom is 0.263 e. The number of hydrogen-bond donors (Lipinski definition) is 5. The molecule has 0 saturated heterocycles. The number of aliphatic hydroxyl groups is 1. The van der Waals surface area contributed by atoms with Gasteiger partial charge >= 0.3 is 0 Å². The number of anilines is 2. The summed E-state index contributed by atoms with van der Waals surface area (Å²) in [5, 5.41) is 28.0. The number of rotatable bonds is 5. The van der Waals surface area contributed by atoms with Crippen molar-refractivity contribution in [3.63, 3.8) is 0 Å². The van der Waals surface area contributed by atoms with Crippen LogP contribution in [-0.2, 0) is 4.79 Å². The number of aromatic nitrogens is 3. The molecule has 0 radical (unpaired) electrons. The van der Waals surface area contributed by atoms with E-state index in [1.54, 1.807) is 30.6 Å². The lowest BCUT2D eigenvalue weighted by molar-refractivity contribution is -0.122. The second-order valence-electron chi connectivity index (χ2n) is 7.27. The standard InChI is InChI=1S/C22H19ClN6O2/c23-14-3-1-2-13(8-14)19(11-30)27-22(31)21-25-17-9-15-16(10-18(17)26-21)28-29-20(15)12-4-6-24-7-5-12/h1-10,19,21,25-26,30H,11H2,(H,27,31)(H,28,29). The van der Waals surface area contributed by atoms with Crippen LogP contribution < -0.4 is 16.0 Å². The van der Waals surface area contributed by atoms with Crippen molar-refractivity contribution < 1.29 is 9.90 Å². The molecule has 0 bridgehead atoms. The Morgan fingerprint density at radius 3 is 2.65 bits per heavy atom. The highest BCUT2D eigenvalue weighted by atomic mass is 35.5. The fourth-order valence-electron chi connectivity index (χ4n) is 3.72. The van der Waals surface area contributed by atoms with Crippen LogP contribution in [0, 0.1) is 0 Å². The molecule has 0 fully saturated rings. The van der Waals surface area contributed by atoms with Gasteiger partial charge < -0.3 is 21.1 Å². The highest BCUT2D eigenvalue weighted by molar-refractivity contribution is 6.30. The van der Waals surface area contributed by atoms with E-state index in [0.717, 1.165) is 39.1 Å². The number of halogens is 1. The molecule has 5 N–H and O–H groups in total. The summed E-state index contributed by atoms with van der Waals surface area (Å²) < 4.78 is 0. The van der Waals surface area contributed by atoms with Gasteiger partial charge in [-0.15, -0.1) is 0 Å². The highest BCUT2D eigenvalue weighted by Crippen LogP contribution is 2.36. The summed E-state index contributed by atoms with van der Waals surface area (Å²) in [5.74, 6) is -0.286. The third-order valence-electron chi connectivity index (χ3n) is 5.27. The molecule has 31 heavy (non-hydrogen) atoms. The van der Waals surface area contributed by atoms with Crippen LogP contribution in [0.3, 0.4) is 0 Å². The first-order chi connectivity index (χ1) is 15.1. The van der Waals surface area contributed by atoms with Gasteiger partial charge in [0.2, 0.25) is 0 Å². The normalized spacial score (nSPS) is 15.7. The number of aromatic amines is 1. The minimum atomic E-state index is -0.674. The zero-order valence-electron chi connectivity index (χ0n) is 16.3. The Morgan fingerprint density at radius 2 is 1.90 bits per heavy atom. The Hall–Kier alpha value is -3.62. The van der Waals surface area contributed by atoms with E-state index in [0.29, 0.717) is 5.02 Å². The highest BCUT2D eigenvalue weighted by Gasteiger charge is 2.29. The molecule has 156 valence electrons. The molecule has 1 amide bonds. The first-order valence-corrected chi connectivity index (χ1v) is 10.1. The number of benzene rings is 2. The number of pyridine rings is 1. The summed E-state index contributed by atoms with van der Waals surface area (Å²) in [5.41, 5.74) is 4.95. The number of aliphatic hydroxyl groups excluding tert-OH is 1. The predicted molar refractivity (Wildman–Crippen MR) is 120 cm³/mol. The number of nitrogens with zero attached hydrogens (tertiary/aromatic N) is 2. The number of carbonyl (C=O) groups is 1. The van der Waals surface area contributed by atoms with Gasteiger partial charge in [0.25, 0.3) is 5.91 Å². The first-order valence-electron chi connectivity index (χ1n) is 9.74. The molecular weight excluding hydrogens is 416 g/mol. The smallest absolute Gasteiger partial charge is 0.263 e. The molecule has 0 saturated carbocycles. The van der Waals surface area contributed by atoms with Crippen molar-refractivity contribution >= 4 is 39.8 Å². The second kappa shape index (κ2) is 7.90. The van der Waals surface area contributed by atoms with E-state index in [4.69, 9.17) is 11.6 Å². The van der Waals surface area contributed by atoms with E-state index in [2.05, 4.69) is 31.1 Å². The van der Waals surface area contributed by atoms with Crippen LogP contribution in [0.1, 0.15) is 11.6 Å². The molecular formula is C22H19ClN6O2. The van der Waals surface area contributed by atoms with E-state index in [1.807, 2.05) is 30.3 Å². The summed E-state index contributed by atoms with van der Waals surface area (Å²) in [6.07, 6.45) is 2.77. The average Bonchev–Trinajstić information content (AvgIpc) is 3.39. The Labute approximate surface area is 182 Å². The molecule has 8 nitrogen and oxygen atoms in total. The van der Waals surface area contributed by atoms with Gasteiger partial charge in [0.15, 0.2) is 6.17 Å². The number of fused-ring (bicyclic) bond motifs is 2. The molecule has 2 aromatic carbocycles. The van der Waals surface area contributed by atoms with Crippen molar-refractivity contribution in [2.45, 2.75) is 12.2 Å². The summed E-state index contributed by atoms with van der Waals surface area (Å²) >= 11 is 6.04. The topological polar surface area (TPSA) is 115 Å². The zero-order valence-corrected chi connectivity index (χ0v) is 17.0. The van der Waals surface area contributed by atoms with Gasteiger partial charge in [-0.05, 0) is 42.0 Å². The number of hydrogen-bond acceptors (Lipinski definition) is 6. The summed E-state index contributed by atoms with van der Waals surface area (Å²) in [4.78, 5) is 16.9. The summed E-state index contributed by atoms with van der Waals surface area (Å²) in [6, 6.07) is 14.2. The van der Waals surface area contributed by atoms with Crippen LogP contribution in [0.15, 0.2) is 60.9 Å². The quantitative estimate of drug-likeness (QED) is 0.329. The minimum Gasteiger partial charge on any atom is -0.394 e. The number of carbonyl (C=O) groups excluding carboxylic acids is 1. The van der Waals surface area contributed by atoms with Crippen molar-refractivity contribution in [2.24, 2.45) is 0 Å². The zero-order chi connectivity index (χ0) is 21.4. The van der Waals surface area contributed by atoms with Crippen molar-refractivity contribution in [3.05, 3.63) is 71.5 Å². The van der Waals surface area contributed by atoms with Crippen LogP contribution in [0.5, 0.6) is 0 Å². The van der Waals surface area contributed by atoms with Crippen molar-refractivity contribution in [2.75, 3.05) is 17.2 Å². The van der Waals surface area contributed by atoms with Crippen LogP contribution in [0.25, 0.3) is 22.2 Å². The molecule has 1 aliphatic rings. The monoisotopic (exact) mass is 434 g/mol. The fraction of sp³-hybridized carbons (Fsp3) is 0.136. The van der Waals surface area contributed by atoms with E-state index in [9.17, 15) is 9.90 Å². The molecule has 2 aromatic heterocycles. The third kappa shape index (κ3) is 3.67. The molecule has 3 heterocycles. The maximum atomic E-state index is 12.9. The second-order valence-corrected chi connectivity index (χ2v) is 7.71. The molecule has 0 aliphatic carbocycles. The van der Waals surface area contributed by atoms with Crippen molar-refractivity contribution in [3.8, 4) is 11.3 Å². The van der Waals surface area contributed by atoms with Gasteiger partial charge in [0, 0.05) is 28.4 Å². The fourth-order valence-corrected chi connectivity index (χ4v) is 3.92. The molecule has 1 aliphatic heterocycles. The van der Waals surface area contributed by atoms with Crippen molar-refractivity contribution in [1.82, 2.24) is 20.5 Å². The van der Waals surface area contributed by atoms with Gasteiger partial charge in [-0.3, -0.25) is 14.9 Å². The minimum absolute atomic E-state index is 0.240. The van der Waals surface area contributed by atoms with Gasteiger partial charge in [0.05, 0.1) is 29.5 Å². The Balaban J connectivity index is 1.36. The molecule has 4 aromatic rings. The van der Waals surface area contributed by atoms with E-state index in [1.165, 1.54) is 0 Å². The summed E-state index contributed by atoms with van der Waals surface area (Å²) in [7, 11) is 0. The number of amides is 1. The van der Waals surface area contributed by atoms with E-state index in [-0.39, 0.29) is 12.5 Å². The lowest BCUT2D eigenvalue weighted by atomic mass is 10.1. The molecule has 2 unspecified atom stereocenters. The lowest BCUT2D eigenvalue weighted by Crippen LogP contribution is -2.44. The molecule has 5 rings (SSSR count). The van der Waals surface area contributed by atoms with Crippen LogP contribution in [-0.4, -0.2) is 39.0 Å². The summed E-state index contributed by atoms with van der Waals surface area (Å²) in [6.45, 7) is -0.240. The Bertz CT molecular complexity index is 1260. The van der Waals surface area contributed by atoms with E-state index < -0.39 is 12.2 Å². The predicted octanol–water partition coefficient (Wildman–Crippen LogP) is 3.29. The van der Waals surface area contributed by atoms with E-state index >= 15 is 0 Å². The molecule has 0 spiro atoms. The maximum absolute atomic E-state index is 12.9. The van der Waals surface area contributed by atoms with Crippen LogP contribution in [0.2, 0.25) is 5.02 Å². The third-order valence-corrected chi connectivity index (χ3v) is 5.50. The van der Waals surface area contributed by atoms with Crippen LogP contribution in [0.4, 0.5) is 11.4 Å². The largest absolute Gasteiger partial charge is 0.394 e. The van der Waals surface area contributed by atoms with Crippen molar-refractivity contribution in [1.29, 1.82) is 0 Å². The lowest BCUT2D eigenvalue weighted by Gasteiger charge is -2.20. The Kier molecular flexibility index (Phi) is 4.93.